The van der Waals surface area contributed by atoms with Crippen molar-refractivity contribution in [1.82, 2.24) is 20.2 Å². The minimum Gasteiger partial charge on any atom is -0.497 e. The molecule has 2 heterocycles. The highest BCUT2D eigenvalue weighted by molar-refractivity contribution is 5.40. The maximum atomic E-state index is 5.27. The smallest absolute Gasteiger partial charge is 0.243 e. The molecule has 1 N–H and O–H groups in total. The van der Waals surface area contributed by atoms with Crippen LogP contribution in [0.4, 0.5) is 5.95 Å². The van der Waals surface area contributed by atoms with Crippen LogP contribution in [0.5, 0.6) is 5.75 Å². The molecule has 1 aliphatic heterocycles. The van der Waals surface area contributed by atoms with Gasteiger partial charge in [0.25, 0.3) is 0 Å². The monoisotopic (exact) mass is 335 g/mol. The molecule has 6 nitrogen and oxygen atoms in total. The summed E-state index contributed by atoms with van der Waals surface area (Å²) in [6, 6.07) is 15.0. The molecule has 0 radical (unpaired) electrons. The SMILES string of the molecule is COc1ccc([C@@H]2C[C@@H](c3ccc(C)c(C)c3)Nc3nnnn32)cc1. The number of benzene rings is 2. The summed E-state index contributed by atoms with van der Waals surface area (Å²) in [6.07, 6.45) is 0.882. The second-order valence-electron chi connectivity index (χ2n) is 6.51. The Morgan fingerprint density at radius 3 is 2.52 bits per heavy atom. The standard InChI is InChI=1S/C19H21N5O/c1-12-4-5-15(10-13(12)2)17-11-18(24-19(20-17)21-22-23-24)14-6-8-16(25-3)9-7-14/h4-10,17-18H,11H2,1-3H3,(H,20,21,23)/t17-,18-/m0/s1. The zero-order valence-corrected chi connectivity index (χ0v) is 14.6. The lowest BCUT2D eigenvalue weighted by molar-refractivity contribution is 0.410. The van der Waals surface area contributed by atoms with Crippen LogP contribution in [-0.2, 0) is 0 Å². The van der Waals surface area contributed by atoms with Crippen LogP contribution in [-0.4, -0.2) is 27.3 Å². The van der Waals surface area contributed by atoms with Crippen LogP contribution in [0.15, 0.2) is 42.5 Å². The molecule has 0 saturated carbocycles. The van der Waals surface area contributed by atoms with E-state index in [1.165, 1.54) is 22.3 Å². The van der Waals surface area contributed by atoms with E-state index in [0.29, 0.717) is 5.95 Å². The normalized spacial score (nSPS) is 19.2. The van der Waals surface area contributed by atoms with Crippen LogP contribution < -0.4 is 10.1 Å². The Morgan fingerprint density at radius 2 is 1.80 bits per heavy atom. The number of nitrogens with one attached hydrogen (secondary N) is 1. The average Bonchev–Trinajstić information content (AvgIpc) is 3.12. The first-order valence-electron chi connectivity index (χ1n) is 8.41. The molecule has 0 fully saturated rings. The van der Waals surface area contributed by atoms with Crippen molar-refractivity contribution < 1.29 is 4.74 Å². The molecule has 2 aromatic carbocycles. The maximum absolute atomic E-state index is 5.27. The highest BCUT2D eigenvalue weighted by Gasteiger charge is 2.30. The largest absolute Gasteiger partial charge is 0.497 e. The van der Waals surface area contributed by atoms with Crippen molar-refractivity contribution in [2.45, 2.75) is 32.4 Å². The fourth-order valence-electron chi connectivity index (χ4n) is 3.34. The van der Waals surface area contributed by atoms with Crippen molar-refractivity contribution in [3.63, 3.8) is 0 Å². The lowest BCUT2D eigenvalue weighted by Gasteiger charge is -2.31. The molecule has 4 rings (SSSR count). The highest BCUT2D eigenvalue weighted by Crippen LogP contribution is 2.37. The van der Waals surface area contributed by atoms with Crippen LogP contribution in [0.3, 0.4) is 0 Å². The molecule has 0 bridgehead atoms. The molecular formula is C19H21N5O. The van der Waals surface area contributed by atoms with Gasteiger partial charge >= 0.3 is 0 Å². The second-order valence-corrected chi connectivity index (χ2v) is 6.51. The molecule has 0 amide bonds. The lowest BCUT2D eigenvalue weighted by atomic mass is 9.92. The van der Waals surface area contributed by atoms with E-state index in [0.717, 1.165) is 12.2 Å². The quantitative estimate of drug-likeness (QED) is 0.794. The molecule has 6 heteroatoms. The van der Waals surface area contributed by atoms with Crippen molar-refractivity contribution >= 4 is 5.95 Å². The minimum absolute atomic E-state index is 0.0868. The van der Waals surface area contributed by atoms with E-state index in [1.807, 2.05) is 16.8 Å². The average molecular weight is 335 g/mol. The number of aromatic nitrogens is 4. The lowest BCUT2D eigenvalue weighted by Crippen LogP contribution is -2.28. The summed E-state index contributed by atoms with van der Waals surface area (Å²) < 4.78 is 7.13. The molecule has 3 aromatic rings. The number of tetrazole rings is 1. The Labute approximate surface area is 146 Å². The van der Waals surface area contributed by atoms with Gasteiger partial charge in [0.1, 0.15) is 5.75 Å². The van der Waals surface area contributed by atoms with Crippen LogP contribution in [0.1, 0.15) is 40.8 Å². The van der Waals surface area contributed by atoms with E-state index in [-0.39, 0.29) is 12.1 Å². The Morgan fingerprint density at radius 1 is 1.04 bits per heavy atom. The van der Waals surface area contributed by atoms with Gasteiger partial charge in [0, 0.05) is 0 Å². The van der Waals surface area contributed by atoms with Gasteiger partial charge in [-0.15, -0.1) is 0 Å². The third kappa shape index (κ3) is 2.84. The van der Waals surface area contributed by atoms with Gasteiger partial charge in [-0.05, 0) is 65.1 Å². The van der Waals surface area contributed by atoms with Crippen LogP contribution in [0.25, 0.3) is 0 Å². The first kappa shape index (κ1) is 15.6. The fraction of sp³-hybridized carbons (Fsp3) is 0.316. The maximum Gasteiger partial charge on any atom is 0.243 e. The predicted molar refractivity (Wildman–Crippen MR) is 95.8 cm³/mol. The van der Waals surface area contributed by atoms with Crippen molar-refractivity contribution in [2.75, 3.05) is 12.4 Å². The summed E-state index contributed by atoms with van der Waals surface area (Å²) >= 11 is 0. The summed E-state index contributed by atoms with van der Waals surface area (Å²) in [7, 11) is 1.68. The minimum atomic E-state index is 0.0868. The summed E-state index contributed by atoms with van der Waals surface area (Å²) in [5.41, 5.74) is 5.03. The molecule has 25 heavy (non-hydrogen) atoms. The number of rotatable bonds is 3. The van der Waals surface area contributed by atoms with Crippen molar-refractivity contribution in [2.24, 2.45) is 0 Å². The predicted octanol–water partition coefficient (Wildman–Crippen LogP) is 3.44. The summed E-state index contributed by atoms with van der Waals surface area (Å²) in [4.78, 5) is 0. The first-order chi connectivity index (χ1) is 12.2. The van der Waals surface area contributed by atoms with Gasteiger partial charge in [-0.1, -0.05) is 35.4 Å². The summed E-state index contributed by atoms with van der Waals surface area (Å²) in [6.45, 7) is 4.28. The van der Waals surface area contributed by atoms with Gasteiger partial charge in [-0.2, -0.15) is 0 Å². The van der Waals surface area contributed by atoms with Gasteiger partial charge in [-0.3, -0.25) is 0 Å². The molecule has 0 unspecified atom stereocenters. The van der Waals surface area contributed by atoms with Crippen LogP contribution in [0, 0.1) is 13.8 Å². The van der Waals surface area contributed by atoms with E-state index in [1.54, 1.807) is 7.11 Å². The molecule has 0 spiro atoms. The summed E-state index contributed by atoms with van der Waals surface area (Å²) in [5.74, 6) is 1.55. The highest BCUT2D eigenvalue weighted by atomic mass is 16.5. The van der Waals surface area contributed by atoms with Gasteiger partial charge in [0.15, 0.2) is 0 Å². The van der Waals surface area contributed by atoms with Crippen molar-refractivity contribution in [3.05, 3.63) is 64.7 Å². The third-order valence-corrected chi connectivity index (χ3v) is 4.98. The second kappa shape index (κ2) is 6.20. The topological polar surface area (TPSA) is 64.9 Å². The molecule has 1 aromatic heterocycles. The number of nitrogens with zero attached hydrogens (tertiary/aromatic N) is 4. The first-order valence-corrected chi connectivity index (χ1v) is 8.41. The Hall–Kier alpha value is -2.89. The Kier molecular flexibility index (Phi) is 3.87. The third-order valence-electron chi connectivity index (χ3n) is 4.98. The van der Waals surface area contributed by atoms with Gasteiger partial charge in [0.2, 0.25) is 5.95 Å². The summed E-state index contributed by atoms with van der Waals surface area (Å²) in [5, 5.41) is 15.6. The number of hydrogen-bond donors (Lipinski definition) is 1. The number of aryl methyl sites for hydroxylation is 2. The van der Waals surface area contributed by atoms with Crippen LogP contribution in [0.2, 0.25) is 0 Å². The Balaban J connectivity index is 1.70. The molecule has 1 aliphatic rings. The Bertz CT molecular complexity index is 887. The number of fused-ring (bicyclic) bond motifs is 1. The number of anilines is 1. The molecule has 2 atom stereocenters. The zero-order valence-electron chi connectivity index (χ0n) is 14.6. The van der Waals surface area contributed by atoms with Crippen molar-refractivity contribution in [3.8, 4) is 5.75 Å². The van der Waals surface area contributed by atoms with Crippen LogP contribution >= 0.6 is 0 Å². The molecule has 0 saturated heterocycles. The van der Waals surface area contributed by atoms with E-state index >= 15 is 0 Å². The number of ether oxygens (including phenoxy) is 1. The number of methoxy groups -OCH3 is 1. The van der Waals surface area contributed by atoms with Gasteiger partial charge < -0.3 is 10.1 Å². The fourth-order valence-corrected chi connectivity index (χ4v) is 3.34. The van der Waals surface area contributed by atoms with Gasteiger partial charge in [0.05, 0.1) is 19.2 Å². The molecule has 0 aliphatic carbocycles. The van der Waals surface area contributed by atoms with Gasteiger partial charge in [-0.25, -0.2) is 4.68 Å². The molecular weight excluding hydrogens is 314 g/mol. The van der Waals surface area contributed by atoms with Crippen molar-refractivity contribution in [1.29, 1.82) is 0 Å². The van der Waals surface area contributed by atoms with E-state index in [9.17, 15) is 0 Å². The van der Waals surface area contributed by atoms with E-state index in [2.05, 4.69) is 65.0 Å². The van der Waals surface area contributed by atoms with E-state index in [4.69, 9.17) is 4.74 Å². The molecule has 128 valence electrons. The van der Waals surface area contributed by atoms with E-state index < -0.39 is 0 Å². The number of hydrogen-bond acceptors (Lipinski definition) is 5. The zero-order chi connectivity index (χ0) is 17.4.